The van der Waals surface area contributed by atoms with Gasteiger partial charge in [-0.25, -0.2) is 4.99 Å². The number of amidine groups is 1. The van der Waals surface area contributed by atoms with Gasteiger partial charge in [-0.3, -0.25) is 4.79 Å². The van der Waals surface area contributed by atoms with Crippen molar-refractivity contribution in [2.75, 3.05) is 7.11 Å². The van der Waals surface area contributed by atoms with Gasteiger partial charge in [0.25, 0.3) is 5.91 Å². The number of thioether (sulfide) groups is 1. The summed E-state index contributed by atoms with van der Waals surface area (Å²) < 4.78 is 11.8. The second-order valence-electron chi connectivity index (χ2n) is 7.76. The minimum Gasteiger partial charge on any atom is -0.493 e. The van der Waals surface area contributed by atoms with E-state index in [1.807, 2.05) is 36.4 Å². The number of amides is 1. The van der Waals surface area contributed by atoms with Crippen molar-refractivity contribution in [3.63, 3.8) is 0 Å². The first kappa shape index (κ1) is 23.0. The third-order valence-electron chi connectivity index (χ3n) is 5.48. The maximum absolute atomic E-state index is 12.7. The highest BCUT2D eigenvalue weighted by Crippen LogP contribution is 2.36. The maximum Gasteiger partial charge on any atom is 0.264 e. The van der Waals surface area contributed by atoms with Crippen LogP contribution < -0.4 is 14.8 Å². The van der Waals surface area contributed by atoms with Crippen molar-refractivity contribution in [2.45, 2.75) is 6.61 Å². The number of nitrogens with zero attached hydrogens (tertiary/aromatic N) is 1. The van der Waals surface area contributed by atoms with Crippen LogP contribution in [0.25, 0.3) is 16.8 Å². The lowest BCUT2D eigenvalue weighted by molar-refractivity contribution is -0.115. The number of halogens is 1. The minimum atomic E-state index is -0.217. The fraction of sp³-hybridized carbons (Fsp3) is 0.0714. The minimum absolute atomic E-state index is 0.217. The van der Waals surface area contributed by atoms with E-state index in [0.29, 0.717) is 38.9 Å². The molecule has 1 fully saturated rings. The molecule has 4 aromatic carbocycles. The molecular weight excluding hydrogens is 480 g/mol. The van der Waals surface area contributed by atoms with Crippen LogP contribution in [0.15, 0.2) is 94.8 Å². The van der Waals surface area contributed by atoms with Crippen LogP contribution >= 0.6 is 23.4 Å². The van der Waals surface area contributed by atoms with Crippen molar-refractivity contribution in [1.82, 2.24) is 5.32 Å². The summed E-state index contributed by atoms with van der Waals surface area (Å²) in [5.74, 6) is 0.954. The Labute approximate surface area is 212 Å². The van der Waals surface area contributed by atoms with E-state index in [1.54, 1.807) is 37.5 Å². The third-order valence-corrected chi connectivity index (χ3v) is 6.64. The highest BCUT2D eigenvalue weighted by molar-refractivity contribution is 8.18. The predicted octanol–water partition coefficient (Wildman–Crippen LogP) is 6.97. The monoisotopic (exact) mass is 500 g/mol. The van der Waals surface area contributed by atoms with Crippen molar-refractivity contribution in [3.05, 3.63) is 106 Å². The Morgan fingerprint density at radius 1 is 0.971 bits per heavy atom. The fourth-order valence-electron chi connectivity index (χ4n) is 3.78. The second-order valence-corrected chi connectivity index (χ2v) is 9.23. The molecule has 174 valence electrons. The van der Waals surface area contributed by atoms with Crippen LogP contribution in [0.3, 0.4) is 0 Å². The van der Waals surface area contributed by atoms with Crippen molar-refractivity contribution < 1.29 is 14.3 Å². The van der Waals surface area contributed by atoms with Gasteiger partial charge in [0, 0.05) is 10.6 Å². The summed E-state index contributed by atoms with van der Waals surface area (Å²) in [4.78, 5) is 17.7. The second kappa shape index (κ2) is 10.3. The van der Waals surface area contributed by atoms with E-state index >= 15 is 0 Å². The Balaban J connectivity index is 1.42. The van der Waals surface area contributed by atoms with Crippen LogP contribution in [0, 0.1) is 0 Å². The summed E-state index contributed by atoms with van der Waals surface area (Å²) in [5.41, 5.74) is 2.52. The summed E-state index contributed by atoms with van der Waals surface area (Å²) in [7, 11) is 1.60. The largest absolute Gasteiger partial charge is 0.493 e. The Morgan fingerprint density at radius 2 is 1.74 bits per heavy atom. The van der Waals surface area contributed by atoms with E-state index < -0.39 is 0 Å². The molecule has 0 spiro atoms. The van der Waals surface area contributed by atoms with Gasteiger partial charge in [0.2, 0.25) is 0 Å². The van der Waals surface area contributed by atoms with E-state index in [9.17, 15) is 4.79 Å². The number of hydrogen-bond donors (Lipinski definition) is 1. The van der Waals surface area contributed by atoms with Gasteiger partial charge in [-0.05, 0) is 64.5 Å². The number of aliphatic imine (C=N–C) groups is 1. The average Bonchev–Trinajstić information content (AvgIpc) is 3.22. The quantitative estimate of drug-likeness (QED) is 0.290. The molecule has 35 heavy (non-hydrogen) atoms. The molecule has 4 aromatic rings. The SMILES string of the molecule is COc1cccc(/C=C2\SC(=Nc3ccc(Cl)cc3)NC2=O)c1OCc1cccc2ccccc12. The molecule has 7 heteroatoms. The van der Waals surface area contributed by atoms with Crippen LogP contribution in [0.1, 0.15) is 11.1 Å². The van der Waals surface area contributed by atoms with Gasteiger partial charge < -0.3 is 14.8 Å². The molecule has 0 saturated carbocycles. The number of fused-ring (bicyclic) bond motifs is 1. The van der Waals surface area contributed by atoms with Crippen molar-refractivity contribution >= 4 is 57.0 Å². The summed E-state index contributed by atoms with van der Waals surface area (Å²) in [6, 6.07) is 27.1. The Morgan fingerprint density at radius 3 is 2.57 bits per heavy atom. The summed E-state index contributed by atoms with van der Waals surface area (Å²) in [6.45, 7) is 0.362. The number of carbonyl (C=O) groups excluding carboxylic acids is 1. The summed E-state index contributed by atoms with van der Waals surface area (Å²) >= 11 is 7.22. The number of hydrogen-bond acceptors (Lipinski definition) is 5. The molecule has 0 aromatic heterocycles. The average molecular weight is 501 g/mol. The van der Waals surface area contributed by atoms with Crippen LogP contribution in [0.2, 0.25) is 5.02 Å². The number of ether oxygens (including phenoxy) is 2. The van der Waals surface area contributed by atoms with Gasteiger partial charge in [-0.15, -0.1) is 0 Å². The lowest BCUT2D eigenvalue weighted by Gasteiger charge is -2.15. The molecule has 0 bridgehead atoms. The molecule has 5 nitrogen and oxygen atoms in total. The van der Waals surface area contributed by atoms with Crippen molar-refractivity contribution in [2.24, 2.45) is 4.99 Å². The summed E-state index contributed by atoms with van der Waals surface area (Å²) in [6.07, 6.45) is 1.80. The van der Waals surface area contributed by atoms with Crippen molar-refractivity contribution in [3.8, 4) is 11.5 Å². The fourth-order valence-corrected chi connectivity index (χ4v) is 4.74. The first-order valence-electron chi connectivity index (χ1n) is 10.9. The van der Waals surface area contributed by atoms with E-state index in [0.717, 1.165) is 21.9 Å². The normalized spacial score (nSPS) is 15.5. The molecule has 0 atom stereocenters. The van der Waals surface area contributed by atoms with Crippen LogP contribution in [0.4, 0.5) is 5.69 Å². The summed E-state index contributed by atoms with van der Waals surface area (Å²) in [5, 5.41) is 6.24. The van der Waals surface area contributed by atoms with Crippen LogP contribution in [0.5, 0.6) is 11.5 Å². The zero-order chi connectivity index (χ0) is 24.2. The Hall–Kier alpha value is -3.74. The van der Waals surface area contributed by atoms with Gasteiger partial charge in [0.05, 0.1) is 17.7 Å². The highest BCUT2D eigenvalue weighted by atomic mass is 35.5. The number of para-hydroxylation sites is 1. The molecule has 1 aliphatic rings. The number of rotatable bonds is 6. The molecule has 5 rings (SSSR count). The van der Waals surface area contributed by atoms with Crippen LogP contribution in [-0.4, -0.2) is 18.2 Å². The predicted molar refractivity (Wildman–Crippen MR) is 144 cm³/mol. The third kappa shape index (κ3) is 5.19. The van der Waals surface area contributed by atoms with Crippen LogP contribution in [-0.2, 0) is 11.4 Å². The lowest BCUT2D eigenvalue weighted by atomic mass is 10.1. The maximum atomic E-state index is 12.7. The van der Waals surface area contributed by atoms with Gasteiger partial charge in [0.1, 0.15) is 6.61 Å². The van der Waals surface area contributed by atoms with Gasteiger partial charge in [-0.1, -0.05) is 66.2 Å². The smallest absolute Gasteiger partial charge is 0.264 e. The Bertz CT molecular complexity index is 1460. The van der Waals surface area contributed by atoms with Gasteiger partial charge in [0.15, 0.2) is 16.7 Å². The standard InChI is InChI=1S/C28H21ClN2O3S/c1-33-24-11-5-8-19(26(24)34-17-20-9-4-7-18-6-2-3-10-23(18)20)16-25-27(32)31-28(35-25)30-22-14-12-21(29)13-15-22/h2-16H,17H2,1H3,(H,30,31,32)/b25-16-. The lowest BCUT2D eigenvalue weighted by Crippen LogP contribution is -2.19. The van der Waals surface area contributed by atoms with Gasteiger partial charge >= 0.3 is 0 Å². The van der Waals surface area contributed by atoms with E-state index in [1.165, 1.54) is 11.8 Å². The first-order chi connectivity index (χ1) is 17.1. The molecule has 1 N–H and O–H groups in total. The molecule has 1 amide bonds. The molecule has 1 heterocycles. The van der Waals surface area contributed by atoms with Gasteiger partial charge in [-0.2, -0.15) is 0 Å². The molecule has 0 radical (unpaired) electrons. The molecule has 1 saturated heterocycles. The number of nitrogens with one attached hydrogen (secondary N) is 1. The van der Waals surface area contributed by atoms with Crippen molar-refractivity contribution in [1.29, 1.82) is 0 Å². The zero-order valence-electron chi connectivity index (χ0n) is 18.8. The molecule has 1 aliphatic heterocycles. The van der Waals surface area contributed by atoms with E-state index in [4.69, 9.17) is 21.1 Å². The number of benzene rings is 4. The number of methoxy groups -OCH3 is 1. The van der Waals surface area contributed by atoms with E-state index in [2.05, 4.69) is 34.6 Å². The highest BCUT2D eigenvalue weighted by Gasteiger charge is 2.25. The Kier molecular flexibility index (Phi) is 6.75. The molecular formula is C28H21ClN2O3S. The molecule has 0 unspecified atom stereocenters. The topological polar surface area (TPSA) is 59.9 Å². The first-order valence-corrected chi connectivity index (χ1v) is 12.1. The molecule has 0 aliphatic carbocycles. The van der Waals surface area contributed by atoms with E-state index in [-0.39, 0.29) is 5.91 Å². The number of carbonyl (C=O) groups is 1. The zero-order valence-corrected chi connectivity index (χ0v) is 20.4.